The minimum absolute atomic E-state index is 0.0845. The fourth-order valence-corrected chi connectivity index (χ4v) is 3.52. The van der Waals surface area contributed by atoms with Gasteiger partial charge in [0.15, 0.2) is 11.5 Å². The Morgan fingerprint density at radius 1 is 1.00 bits per heavy atom. The molecule has 156 valence electrons. The molecule has 0 unspecified atom stereocenters. The highest BCUT2D eigenvalue weighted by Crippen LogP contribution is 2.28. The minimum atomic E-state index is -0.137. The van der Waals surface area contributed by atoms with Gasteiger partial charge in [0.25, 0.3) is 0 Å². The first-order chi connectivity index (χ1) is 14.6. The molecule has 5 nitrogen and oxygen atoms in total. The van der Waals surface area contributed by atoms with Crippen LogP contribution in [0.4, 0.5) is 4.79 Å². The number of methoxy groups -OCH3 is 1. The van der Waals surface area contributed by atoms with Gasteiger partial charge in [-0.1, -0.05) is 66.7 Å². The maximum Gasteiger partial charge on any atom is 0.317 e. The van der Waals surface area contributed by atoms with Gasteiger partial charge in [0, 0.05) is 26.1 Å². The van der Waals surface area contributed by atoms with Crippen molar-refractivity contribution in [2.24, 2.45) is 0 Å². The topological polar surface area (TPSA) is 61.8 Å². The molecule has 2 amide bonds. The molecule has 2 N–H and O–H groups in total. The second-order valence-corrected chi connectivity index (χ2v) is 7.26. The van der Waals surface area contributed by atoms with Crippen LogP contribution in [-0.2, 0) is 6.54 Å². The molecule has 0 bridgehead atoms. The summed E-state index contributed by atoms with van der Waals surface area (Å²) in [6, 6.07) is 25.7. The maximum atomic E-state index is 12.6. The third-order valence-corrected chi connectivity index (χ3v) is 5.12. The zero-order valence-electron chi connectivity index (χ0n) is 17.4. The fraction of sp³-hybridized carbons (Fsp3) is 0.240. The number of amides is 2. The van der Waals surface area contributed by atoms with Crippen molar-refractivity contribution in [3.63, 3.8) is 0 Å². The number of nitrogens with one attached hydrogen (secondary N) is 1. The number of benzene rings is 3. The quantitative estimate of drug-likeness (QED) is 0.569. The van der Waals surface area contributed by atoms with Gasteiger partial charge in [0.1, 0.15) is 0 Å². The van der Waals surface area contributed by atoms with Gasteiger partial charge in [-0.2, -0.15) is 0 Å². The van der Waals surface area contributed by atoms with E-state index in [0.29, 0.717) is 18.8 Å². The SMILES string of the molecule is COc1cc(CN(C)C(=O)NCCC(c2ccccc2)c2ccccc2)ccc1O. The molecule has 0 saturated carbocycles. The number of urea groups is 1. The van der Waals surface area contributed by atoms with Crippen LogP contribution in [0.2, 0.25) is 0 Å². The highest BCUT2D eigenvalue weighted by molar-refractivity contribution is 5.73. The Morgan fingerprint density at radius 2 is 1.60 bits per heavy atom. The van der Waals surface area contributed by atoms with Crippen LogP contribution in [0.5, 0.6) is 11.5 Å². The van der Waals surface area contributed by atoms with E-state index in [0.717, 1.165) is 12.0 Å². The molecule has 0 aliphatic heterocycles. The van der Waals surface area contributed by atoms with Crippen LogP contribution in [0, 0.1) is 0 Å². The predicted molar refractivity (Wildman–Crippen MR) is 119 cm³/mol. The summed E-state index contributed by atoms with van der Waals surface area (Å²) in [5.74, 6) is 0.704. The first kappa shape index (κ1) is 21.2. The van der Waals surface area contributed by atoms with Crippen LogP contribution in [0.3, 0.4) is 0 Å². The van der Waals surface area contributed by atoms with Crippen LogP contribution >= 0.6 is 0 Å². The number of phenolic OH excluding ortho intramolecular Hbond substituents is 1. The molecule has 3 aromatic rings. The van der Waals surface area contributed by atoms with Crippen molar-refractivity contribution in [3.8, 4) is 11.5 Å². The van der Waals surface area contributed by atoms with Gasteiger partial charge in [0.2, 0.25) is 0 Å². The molecular formula is C25H28N2O3. The number of aromatic hydroxyl groups is 1. The standard InChI is InChI=1S/C25H28N2O3/c1-27(18-19-13-14-23(28)24(17-19)30-2)25(29)26-16-15-22(20-9-5-3-6-10-20)21-11-7-4-8-12-21/h3-14,17,22,28H,15-16,18H2,1-2H3,(H,26,29). The Balaban J connectivity index is 1.59. The van der Waals surface area contributed by atoms with Crippen molar-refractivity contribution in [1.29, 1.82) is 0 Å². The third-order valence-electron chi connectivity index (χ3n) is 5.12. The van der Waals surface area contributed by atoms with Crippen LogP contribution in [-0.4, -0.2) is 36.7 Å². The molecule has 0 radical (unpaired) electrons. The van der Waals surface area contributed by atoms with Gasteiger partial charge >= 0.3 is 6.03 Å². The van der Waals surface area contributed by atoms with Crippen molar-refractivity contribution in [2.75, 3.05) is 20.7 Å². The second kappa shape index (κ2) is 10.3. The van der Waals surface area contributed by atoms with E-state index in [1.807, 2.05) is 36.4 Å². The molecule has 30 heavy (non-hydrogen) atoms. The van der Waals surface area contributed by atoms with Crippen molar-refractivity contribution in [1.82, 2.24) is 10.2 Å². The largest absolute Gasteiger partial charge is 0.504 e. The highest BCUT2D eigenvalue weighted by Gasteiger charge is 2.15. The average molecular weight is 405 g/mol. The third kappa shape index (κ3) is 5.54. The van der Waals surface area contributed by atoms with Crippen molar-refractivity contribution in [3.05, 3.63) is 95.6 Å². The number of phenols is 1. The van der Waals surface area contributed by atoms with E-state index in [2.05, 4.69) is 29.6 Å². The lowest BCUT2D eigenvalue weighted by Gasteiger charge is -2.21. The molecule has 0 spiro atoms. The average Bonchev–Trinajstić information content (AvgIpc) is 2.79. The van der Waals surface area contributed by atoms with Gasteiger partial charge in [-0.3, -0.25) is 0 Å². The Bertz CT molecular complexity index is 906. The summed E-state index contributed by atoms with van der Waals surface area (Å²) >= 11 is 0. The zero-order valence-corrected chi connectivity index (χ0v) is 17.4. The maximum absolute atomic E-state index is 12.6. The lowest BCUT2D eigenvalue weighted by molar-refractivity contribution is 0.206. The second-order valence-electron chi connectivity index (χ2n) is 7.26. The van der Waals surface area contributed by atoms with E-state index in [-0.39, 0.29) is 17.7 Å². The number of carbonyl (C=O) groups is 1. The molecule has 0 aromatic heterocycles. The van der Waals surface area contributed by atoms with Crippen LogP contribution < -0.4 is 10.1 Å². The molecule has 0 atom stereocenters. The number of hydrogen-bond acceptors (Lipinski definition) is 3. The van der Waals surface area contributed by atoms with Crippen LogP contribution in [0.15, 0.2) is 78.9 Å². The van der Waals surface area contributed by atoms with E-state index in [4.69, 9.17) is 4.74 Å². The Kier molecular flexibility index (Phi) is 7.33. The van der Waals surface area contributed by atoms with E-state index in [9.17, 15) is 9.90 Å². The zero-order chi connectivity index (χ0) is 21.3. The molecule has 0 saturated heterocycles. The number of rotatable bonds is 8. The fourth-order valence-electron chi connectivity index (χ4n) is 3.52. The molecular weight excluding hydrogens is 376 g/mol. The first-order valence-corrected chi connectivity index (χ1v) is 10.0. The highest BCUT2D eigenvalue weighted by atomic mass is 16.5. The Labute approximate surface area is 177 Å². The molecule has 0 aliphatic carbocycles. The van der Waals surface area contributed by atoms with E-state index < -0.39 is 0 Å². The molecule has 3 aromatic carbocycles. The molecule has 0 fully saturated rings. The number of carbonyl (C=O) groups excluding carboxylic acids is 1. The van der Waals surface area contributed by atoms with E-state index >= 15 is 0 Å². The van der Waals surface area contributed by atoms with E-state index in [1.165, 1.54) is 18.2 Å². The Hall–Kier alpha value is -3.47. The van der Waals surface area contributed by atoms with Crippen molar-refractivity contribution >= 4 is 6.03 Å². The van der Waals surface area contributed by atoms with Gasteiger partial charge in [-0.05, 0) is 35.2 Å². The summed E-state index contributed by atoms with van der Waals surface area (Å²) in [7, 11) is 3.26. The predicted octanol–water partition coefficient (Wildman–Crippen LogP) is 4.76. The number of hydrogen-bond donors (Lipinski definition) is 2. The number of ether oxygens (including phenoxy) is 1. The van der Waals surface area contributed by atoms with Gasteiger partial charge in [-0.25, -0.2) is 4.79 Å². The van der Waals surface area contributed by atoms with Crippen LogP contribution in [0.1, 0.15) is 29.0 Å². The summed E-state index contributed by atoms with van der Waals surface area (Å²) in [6.45, 7) is 0.986. The molecule has 0 aliphatic rings. The molecule has 3 rings (SSSR count). The number of nitrogens with zero attached hydrogens (tertiary/aromatic N) is 1. The van der Waals surface area contributed by atoms with Crippen molar-refractivity contribution in [2.45, 2.75) is 18.9 Å². The van der Waals surface area contributed by atoms with E-state index in [1.54, 1.807) is 30.1 Å². The first-order valence-electron chi connectivity index (χ1n) is 10.0. The van der Waals surface area contributed by atoms with Gasteiger partial charge in [-0.15, -0.1) is 0 Å². The molecule has 0 heterocycles. The lowest BCUT2D eigenvalue weighted by Crippen LogP contribution is -2.37. The van der Waals surface area contributed by atoms with Crippen LogP contribution in [0.25, 0.3) is 0 Å². The lowest BCUT2D eigenvalue weighted by atomic mass is 9.88. The monoisotopic (exact) mass is 404 g/mol. The summed E-state index contributed by atoms with van der Waals surface area (Å²) in [5.41, 5.74) is 3.36. The van der Waals surface area contributed by atoms with Crippen molar-refractivity contribution < 1.29 is 14.6 Å². The Morgan fingerprint density at radius 3 is 2.17 bits per heavy atom. The van der Waals surface area contributed by atoms with Gasteiger partial charge < -0.3 is 20.1 Å². The van der Waals surface area contributed by atoms with Gasteiger partial charge in [0.05, 0.1) is 7.11 Å². The normalized spacial score (nSPS) is 10.6. The summed E-state index contributed by atoms with van der Waals surface area (Å²) < 4.78 is 5.13. The minimum Gasteiger partial charge on any atom is -0.504 e. The smallest absolute Gasteiger partial charge is 0.317 e. The summed E-state index contributed by atoms with van der Waals surface area (Å²) in [5, 5.41) is 12.7. The summed E-state index contributed by atoms with van der Waals surface area (Å²) in [4.78, 5) is 14.2. The molecule has 5 heteroatoms. The summed E-state index contributed by atoms with van der Waals surface area (Å²) in [6.07, 6.45) is 0.806.